The van der Waals surface area contributed by atoms with Crippen LogP contribution in [0.3, 0.4) is 0 Å². The van der Waals surface area contributed by atoms with Crippen LogP contribution in [-0.2, 0) is 12.8 Å². The van der Waals surface area contributed by atoms with Gasteiger partial charge in [-0.15, -0.1) is 0 Å². The Bertz CT molecular complexity index is 799. The first-order valence-corrected chi connectivity index (χ1v) is 8.08. The van der Waals surface area contributed by atoms with E-state index >= 15 is 0 Å². The van der Waals surface area contributed by atoms with Crippen molar-refractivity contribution in [3.8, 4) is 11.1 Å². The Morgan fingerprint density at radius 3 is 2.59 bits per heavy atom. The summed E-state index contributed by atoms with van der Waals surface area (Å²) in [4.78, 5) is 6.09. The van der Waals surface area contributed by atoms with E-state index in [2.05, 4.69) is 72.5 Å². The van der Waals surface area contributed by atoms with Crippen LogP contribution >= 0.6 is 0 Å². The number of likely N-dealkylation sites (N-methyl/N-ethyl adjacent to an activating group) is 1. The van der Waals surface area contributed by atoms with Crippen molar-refractivity contribution in [2.75, 3.05) is 14.1 Å². The highest BCUT2D eigenvalue weighted by molar-refractivity contribution is 5.97. The molecular formula is C20H22N2. The van der Waals surface area contributed by atoms with Gasteiger partial charge >= 0.3 is 0 Å². The van der Waals surface area contributed by atoms with Gasteiger partial charge < -0.3 is 9.88 Å². The largest absolute Gasteiger partial charge is 0.358 e. The number of H-pyrrole nitrogens is 1. The molecule has 1 heterocycles. The second-order valence-electron chi connectivity index (χ2n) is 6.54. The monoisotopic (exact) mass is 290 g/mol. The number of nitrogens with one attached hydrogen (secondary N) is 1. The fourth-order valence-corrected chi connectivity index (χ4v) is 3.72. The first-order chi connectivity index (χ1) is 10.7. The molecule has 22 heavy (non-hydrogen) atoms. The SMILES string of the molecule is CN(C)[C@H]1CCc2[nH]c3c(-c4ccccc4)cccc3c2C1. The van der Waals surface area contributed by atoms with E-state index in [9.17, 15) is 0 Å². The van der Waals surface area contributed by atoms with E-state index in [-0.39, 0.29) is 0 Å². The van der Waals surface area contributed by atoms with Crippen molar-refractivity contribution >= 4 is 10.9 Å². The Morgan fingerprint density at radius 2 is 1.82 bits per heavy atom. The number of aromatic amines is 1. The third-order valence-electron chi connectivity index (χ3n) is 5.01. The van der Waals surface area contributed by atoms with Crippen molar-refractivity contribution < 1.29 is 0 Å². The van der Waals surface area contributed by atoms with Crippen LogP contribution in [0.1, 0.15) is 17.7 Å². The van der Waals surface area contributed by atoms with E-state index in [0.717, 1.165) is 12.8 Å². The molecule has 1 N–H and O–H groups in total. The van der Waals surface area contributed by atoms with Gasteiger partial charge in [-0.3, -0.25) is 0 Å². The van der Waals surface area contributed by atoms with Gasteiger partial charge in [0.1, 0.15) is 0 Å². The van der Waals surface area contributed by atoms with Gasteiger partial charge in [-0.1, -0.05) is 48.5 Å². The molecule has 1 atom stereocenters. The molecule has 0 fully saturated rings. The lowest BCUT2D eigenvalue weighted by Crippen LogP contribution is -2.33. The van der Waals surface area contributed by atoms with E-state index < -0.39 is 0 Å². The summed E-state index contributed by atoms with van der Waals surface area (Å²) in [5.74, 6) is 0. The zero-order valence-electron chi connectivity index (χ0n) is 13.3. The topological polar surface area (TPSA) is 19.0 Å². The van der Waals surface area contributed by atoms with Crippen molar-refractivity contribution in [2.24, 2.45) is 0 Å². The molecule has 3 aromatic rings. The molecule has 1 aliphatic carbocycles. The van der Waals surface area contributed by atoms with Crippen LogP contribution in [0.2, 0.25) is 0 Å². The van der Waals surface area contributed by atoms with E-state index in [1.54, 1.807) is 0 Å². The van der Waals surface area contributed by atoms with Gasteiger partial charge in [0.25, 0.3) is 0 Å². The average Bonchev–Trinajstić information content (AvgIpc) is 2.93. The van der Waals surface area contributed by atoms with Crippen LogP contribution < -0.4 is 0 Å². The number of nitrogens with zero attached hydrogens (tertiary/aromatic N) is 1. The first-order valence-electron chi connectivity index (χ1n) is 8.08. The fourth-order valence-electron chi connectivity index (χ4n) is 3.72. The molecule has 1 aromatic heterocycles. The molecule has 2 nitrogen and oxygen atoms in total. The van der Waals surface area contributed by atoms with Gasteiger partial charge in [0, 0.05) is 22.7 Å². The molecule has 0 spiro atoms. The number of hydrogen-bond acceptors (Lipinski definition) is 1. The number of fused-ring (bicyclic) bond motifs is 3. The smallest absolute Gasteiger partial charge is 0.0538 e. The molecule has 0 unspecified atom stereocenters. The van der Waals surface area contributed by atoms with E-state index in [0.29, 0.717) is 6.04 Å². The normalized spacial score (nSPS) is 17.9. The minimum atomic E-state index is 0.659. The second-order valence-corrected chi connectivity index (χ2v) is 6.54. The molecule has 0 amide bonds. The van der Waals surface area contributed by atoms with Gasteiger partial charge in [0.2, 0.25) is 0 Å². The molecular weight excluding hydrogens is 268 g/mol. The zero-order chi connectivity index (χ0) is 15.1. The summed E-state index contributed by atoms with van der Waals surface area (Å²) in [6.45, 7) is 0. The second kappa shape index (κ2) is 5.29. The van der Waals surface area contributed by atoms with E-state index in [1.165, 1.54) is 39.7 Å². The number of para-hydroxylation sites is 1. The summed E-state index contributed by atoms with van der Waals surface area (Å²) in [7, 11) is 4.39. The molecule has 0 aliphatic heterocycles. The van der Waals surface area contributed by atoms with Gasteiger partial charge in [-0.25, -0.2) is 0 Å². The molecule has 0 saturated carbocycles. The zero-order valence-corrected chi connectivity index (χ0v) is 13.3. The lowest BCUT2D eigenvalue weighted by molar-refractivity contribution is 0.268. The standard InChI is InChI=1S/C20H22N2/c1-22(2)15-11-12-19-18(13-15)17-10-6-9-16(20(17)21-19)14-7-4-3-5-8-14/h3-10,15,21H,11-13H2,1-2H3/t15-/m0/s1. The number of aromatic nitrogens is 1. The number of aryl methyl sites for hydroxylation is 1. The fraction of sp³-hybridized carbons (Fsp3) is 0.300. The quantitative estimate of drug-likeness (QED) is 0.747. The molecule has 2 heteroatoms. The number of hydrogen-bond donors (Lipinski definition) is 1. The van der Waals surface area contributed by atoms with Crippen LogP contribution in [-0.4, -0.2) is 30.0 Å². The molecule has 112 valence electrons. The maximum absolute atomic E-state index is 3.72. The highest BCUT2D eigenvalue weighted by Crippen LogP contribution is 2.35. The Kier molecular flexibility index (Phi) is 3.27. The third-order valence-corrected chi connectivity index (χ3v) is 5.01. The van der Waals surface area contributed by atoms with Crippen LogP contribution in [0.25, 0.3) is 22.0 Å². The molecule has 1 aliphatic rings. The Balaban J connectivity index is 1.87. The lowest BCUT2D eigenvalue weighted by Gasteiger charge is -2.28. The summed E-state index contributed by atoms with van der Waals surface area (Å²) in [5.41, 5.74) is 6.87. The van der Waals surface area contributed by atoms with Crippen molar-refractivity contribution in [2.45, 2.75) is 25.3 Å². The summed E-state index contributed by atoms with van der Waals surface area (Å²) < 4.78 is 0. The molecule has 0 bridgehead atoms. The van der Waals surface area contributed by atoms with Gasteiger partial charge in [0.05, 0.1) is 5.52 Å². The number of rotatable bonds is 2. The first kappa shape index (κ1) is 13.6. The molecule has 0 radical (unpaired) electrons. The van der Waals surface area contributed by atoms with Crippen LogP contribution in [0.4, 0.5) is 0 Å². The summed E-state index contributed by atoms with van der Waals surface area (Å²) in [5, 5.41) is 1.41. The minimum absolute atomic E-state index is 0.659. The Hall–Kier alpha value is -2.06. The Morgan fingerprint density at radius 1 is 1.00 bits per heavy atom. The van der Waals surface area contributed by atoms with Crippen molar-refractivity contribution in [1.29, 1.82) is 0 Å². The van der Waals surface area contributed by atoms with Crippen molar-refractivity contribution in [3.63, 3.8) is 0 Å². The molecule has 2 aromatic carbocycles. The van der Waals surface area contributed by atoms with E-state index in [1.807, 2.05) is 0 Å². The van der Waals surface area contributed by atoms with Crippen molar-refractivity contribution in [3.05, 3.63) is 59.8 Å². The van der Waals surface area contributed by atoms with Crippen LogP contribution in [0.5, 0.6) is 0 Å². The van der Waals surface area contributed by atoms with Gasteiger partial charge in [0.15, 0.2) is 0 Å². The molecule has 4 rings (SSSR count). The van der Waals surface area contributed by atoms with Gasteiger partial charge in [-0.05, 0) is 44.5 Å². The molecule has 0 saturated heterocycles. The van der Waals surface area contributed by atoms with Crippen molar-refractivity contribution in [1.82, 2.24) is 9.88 Å². The lowest BCUT2D eigenvalue weighted by atomic mass is 9.90. The van der Waals surface area contributed by atoms with E-state index in [4.69, 9.17) is 0 Å². The third kappa shape index (κ3) is 2.15. The average molecular weight is 290 g/mol. The predicted molar refractivity (Wildman–Crippen MR) is 93.2 cm³/mol. The highest BCUT2D eigenvalue weighted by atomic mass is 15.1. The number of benzene rings is 2. The summed E-state index contributed by atoms with van der Waals surface area (Å²) in [6, 6.07) is 18.0. The summed E-state index contributed by atoms with van der Waals surface area (Å²) >= 11 is 0. The van der Waals surface area contributed by atoms with Gasteiger partial charge in [-0.2, -0.15) is 0 Å². The van der Waals surface area contributed by atoms with Crippen LogP contribution in [0.15, 0.2) is 48.5 Å². The maximum Gasteiger partial charge on any atom is 0.0538 e. The maximum atomic E-state index is 3.72. The predicted octanol–water partition coefficient (Wildman–Crippen LogP) is 4.25. The summed E-state index contributed by atoms with van der Waals surface area (Å²) in [6.07, 6.45) is 3.55. The van der Waals surface area contributed by atoms with Crippen LogP contribution in [0, 0.1) is 0 Å². The highest BCUT2D eigenvalue weighted by Gasteiger charge is 2.24. The Labute approximate surface area is 131 Å². The minimum Gasteiger partial charge on any atom is -0.358 e.